The highest BCUT2D eigenvalue weighted by molar-refractivity contribution is 5.78. The van der Waals surface area contributed by atoms with Crippen LogP contribution in [0.25, 0.3) is 22.8 Å². The Morgan fingerprint density at radius 3 is 2.68 bits per heavy atom. The molecule has 25 heavy (non-hydrogen) atoms. The maximum absolute atomic E-state index is 11.0. The third kappa shape index (κ3) is 3.56. The van der Waals surface area contributed by atoms with E-state index in [1.54, 1.807) is 30.0 Å². The fourth-order valence-corrected chi connectivity index (χ4v) is 2.48. The van der Waals surface area contributed by atoms with Crippen molar-refractivity contribution in [2.45, 2.75) is 13.0 Å². The first-order valence-electron chi connectivity index (χ1n) is 7.77. The van der Waals surface area contributed by atoms with Crippen LogP contribution < -0.4 is 4.74 Å². The first-order valence-corrected chi connectivity index (χ1v) is 7.77. The molecule has 6 heteroatoms. The molecular weight excluding hydrogens is 316 g/mol. The van der Waals surface area contributed by atoms with Gasteiger partial charge in [0.1, 0.15) is 12.0 Å². The van der Waals surface area contributed by atoms with Gasteiger partial charge in [0.05, 0.1) is 26.1 Å². The molecule has 0 unspecified atom stereocenters. The minimum Gasteiger partial charge on any atom is -0.497 e. The molecule has 0 aliphatic heterocycles. The number of aromatic nitrogens is 3. The number of methoxy groups -OCH3 is 1. The summed E-state index contributed by atoms with van der Waals surface area (Å²) in [4.78, 5) is 15.7. The van der Waals surface area contributed by atoms with Crippen LogP contribution in [0.3, 0.4) is 0 Å². The van der Waals surface area contributed by atoms with Gasteiger partial charge in [-0.25, -0.2) is 9.67 Å². The number of rotatable bonds is 6. The van der Waals surface area contributed by atoms with Gasteiger partial charge in [-0.2, -0.15) is 10.4 Å². The Morgan fingerprint density at radius 1 is 1.20 bits per heavy atom. The standard InChI is InChI=1S/C19H16N4O2/c1-25-17-8-6-15(7-9-17)18-21-19(23(22-18)11-3-10-20)16-5-2-4-14(12-16)13-24/h2,4-9,12-13H,3,11H2,1H3. The van der Waals surface area contributed by atoms with Crippen molar-refractivity contribution in [3.05, 3.63) is 54.1 Å². The molecule has 0 radical (unpaired) electrons. The lowest BCUT2D eigenvalue weighted by atomic mass is 10.1. The molecule has 0 N–H and O–H groups in total. The van der Waals surface area contributed by atoms with Gasteiger partial charge in [0.2, 0.25) is 0 Å². The first kappa shape index (κ1) is 16.4. The summed E-state index contributed by atoms with van der Waals surface area (Å²) in [5, 5.41) is 13.4. The SMILES string of the molecule is COc1ccc(-c2nc(-c3cccc(C=O)c3)n(CCC#N)n2)cc1. The van der Waals surface area contributed by atoms with Crippen molar-refractivity contribution < 1.29 is 9.53 Å². The van der Waals surface area contributed by atoms with Gasteiger partial charge in [-0.1, -0.05) is 18.2 Å². The predicted octanol–water partition coefficient (Wildman–Crippen LogP) is 3.35. The predicted molar refractivity (Wildman–Crippen MR) is 93.1 cm³/mol. The maximum atomic E-state index is 11.0. The Bertz CT molecular complexity index is 923. The van der Waals surface area contributed by atoms with Crippen LogP contribution in [0.1, 0.15) is 16.8 Å². The maximum Gasteiger partial charge on any atom is 0.181 e. The van der Waals surface area contributed by atoms with E-state index in [0.29, 0.717) is 30.2 Å². The smallest absolute Gasteiger partial charge is 0.181 e. The van der Waals surface area contributed by atoms with Crippen LogP contribution in [0.2, 0.25) is 0 Å². The minimum atomic E-state index is 0.325. The Balaban J connectivity index is 2.05. The Kier molecular flexibility index (Phi) is 4.86. The Hall–Kier alpha value is -3.46. The summed E-state index contributed by atoms with van der Waals surface area (Å²) in [6.45, 7) is 0.431. The van der Waals surface area contributed by atoms with Crippen molar-refractivity contribution in [2.75, 3.05) is 7.11 Å². The van der Waals surface area contributed by atoms with E-state index in [9.17, 15) is 4.79 Å². The minimum absolute atomic E-state index is 0.325. The van der Waals surface area contributed by atoms with Crippen LogP contribution in [0.4, 0.5) is 0 Å². The van der Waals surface area contributed by atoms with Crippen LogP contribution in [0.15, 0.2) is 48.5 Å². The third-order valence-corrected chi connectivity index (χ3v) is 3.74. The van der Waals surface area contributed by atoms with Crippen LogP contribution in [-0.2, 0) is 6.54 Å². The molecule has 124 valence electrons. The van der Waals surface area contributed by atoms with Crippen LogP contribution >= 0.6 is 0 Å². The summed E-state index contributed by atoms with van der Waals surface area (Å²) in [5.41, 5.74) is 2.21. The summed E-state index contributed by atoms with van der Waals surface area (Å²) in [6.07, 6.45) is 1.12. The highest BCUT2D eigenvalue weighted by atomic mass is 16.5. The molecular formula is C19H16N4O2. The number of ether oxygens (including phenoxy) is 1. The number of aryl methyl sites for hydroxylation is 1. The van der Waals surface area contributed by atoms with Gasteiger partial charge in [0, 0.05) is 16.7 Å². The van der Waals surface area contributed by atoms with Gasteiger partial charge in [0.15, 0.2) is 11.6 Å². The van der Waals surface area contributed by atoms with Gasteiger partial charge in [-0.05, 0) is 30.3 Å². The van der Waals surface area contributed by atoms with E-state index >= 15 is 0 Å². The molecule has 0 spiro atoms. The molecule has 2 aromatic carbocycles. The van der Waals surface area contributed by atoms with E-state index in [1.165, 1.54) is 0 Å². The normalized spacial score (nSPS) is 10.2. The lowest BCUT2D eigenvalue weighted by Gasteiger charge is -2.03. The second-order valence-corrected chi connectivity index (χ2v) is 5.36. The van der Waals surface area contributed by atoms with Gasteiger partial charge >= 0.3 is 0 Å². The van der Waals surface area contributed by atoms with E-state index in [4.69, 9.17) is 10.00 Å². The Morgan fingerprint density at radius 2 is 2.00 bits per heavy atom. The average molecular weight is 332 g/mol. The lowest BCUT2D eigenvalue weighted by Crippen LogP contribution is -2.02. The number of nitriles is 1. The average Bonchev–Trinajstić information content (AvgIpc) is 3.10. The number of hydrogen-bond acceptors (Lipinski definition) is 5. The van der Waals surface area contributed by atoms with Crippen LogP contribution in [0, 0.1) is 11.3 Å². The van der Waals surface area contributed by atoms with Crippen molar-refractivity contribution in [2.24, 2.45) is 0 Å². The molecule has 6 nitrogen and oxygen atoms in total. The molecule has 3 aromatic rings. The molecule has 0 aliphatic carbocycles. The van der Waals surface area contributed by atoms with E-state index in [0.717, 1.165) is 23.2 Å². The van der Waals surface area contributed by atoms with Crippen molar-refractivity contribution in [3.8, 4) is 34.6 Å². The summed E-state index contributed by atoms with van der Waals surface area (Å²) in [5.74, 6) is 1.95. The van der Waals surface area contributed by atoms with Gasteiger partial charge in [0.25, 0.3) is 0 Å². The number of nitrogens with zero attached hydrogens (tertiary/aromatic N) is 4. The van der Waals surface area contributed by atoms with Gasteiger partial charge in [-0.3, -0.25) is 4.79 Å². The quantitative estimate of drug-likeness (QED) is 0.647. The number of aldehydes is 1. The zero-order valence-corrected chi connectivity index (χ0v) is 13.7. The molecule has 0 saturated carbocycles. The molecule has 0 bridgehead atoms. The van der Waals surface area contributed by atoms with Crippen LogP contribution in [0.5, 0.6) is 5.75 Å². The molecule has 0 fully saturated rings. The van der Waals surface area contributed by atoms with Crippen molar-refractivity contribution in [1.29, 1.82) is 5.26 Å². The molecule has 0 aliphatic rings. The zero-order chi connectivity index (χ0) is 17.6. The van der Waals surface area contributed by atoms with Crippen molar-refractivity contribution in [1.82, 2.24) is 14.8 Å². The van der Waals surface area contributed by atoms with Crippen LogP contribution in [-0.4, -0.2) is 28.2 Å². The largest absolute Gasteiger partial charge is 0.497 e. The topological polar surface area (TPSA) is 80.8 Å². The molecule has 0 atom stereocenters. The van der Waals surface area contributed by atoms with Gasteiger partial charge in [-0.15, -0.1) is 0 Å². The summed E-state index contributed by atoms with van der Waals surface area (Å²) < 4.78 is 6.87. The first-order chi connectivity index (χ1) is 12.2. The molecule has 0 saturated heterocycles. The number of benzene rings is 2. The van der Waals surface area contributed by atoms with E-state index < -0.39 is 0 Å². The van der Waals surface area contributed by atoms with Crippen molar-refractivity contribution in [3.63, 3.8) is 0 Å². The highest BCUT2D eigenvalue weighted by Gasteiger charge is 2.14. The van der Waals surface area contributed by atoms with E-state index in [2.05, 4.69) is 16.2 Å². The van der Waals surface area contributed by atoms with E-state index in [-0.39, 0.29) is 0 Å². The zero-order valence-electron chi connectivity index (χ0n) is 13.7. The third-order valence-electron chi connectivity index (χ3n) is 3.74. The molecule has 3 rings (SSSR count). The summed E-state index contributed by atoms with van der Waals surface area (Å²) in [7, 11) is 1.61. The van der Waals surface area contributed by atoms with E-state index in [1.807, 2.05) is 30.3 Å². The lowest BCUT2D eigenvalue weighted by molar-refractivity contribution is 0.112. The van der Waals surface area contributed by atoms with Gasteiger partial charge < -0.3 is 4.74 Å². The monoisotopic (exact) mass is 332 g/mol. The second-order valence-electron chi connectivity index (χ2n) is 5.36. The molecule has 0 amide bonds. The fraction of sp³-hybridized carbons (Fsp3) is 0.158. The van der Waals surface area contributed by atoms with Crippen molar-refractivity contribution >= 4 is 6.29 Å². The molecule has 1 aromatic heterocycles. The highest BCUT2D eigenvalue weighted by Crippen LogP contribution is 2.24. The summed E-state index contributed by atoms with van der Waals surface area (Å²) in [6, 6.07) is 16.7. The fourth-order valence-electron chi connectivity index (χ4n) is 2.48. The molecule has 1 heterocycles. The number of hydrogen-bond donors (Lipinski definition) is 0. The summed E-state index contributed by atoms with van der Waals surface area (Å²) >= 11 is 0. The number of carbonyl (C=O) groups excluding carboxylic acids is 1. The Labute approximate surface area is 145 Å². The number of carbonyl (C=O) groups is 1. The second kappa shape index (κ2) is 7.41.